The molecule has 0 aliphatic heterocycles. The van der Waals surface area contributed by atoms with Crippen LogP contribution >= 0.6 is 0 Å². The first-order valence-corrected chi connectivity index (χ1v) is 8.64. The van der Waals surface area contributed by atoms with E-state index in [4.69, 9.17) is 4.74 Å². The van der Waals surface area contributed by atoms with E-state index in [0.717, 1.165) is 28.1 Å². The number of hydrogen-bond acceptors (Lipinski definition) is 3. The number of nitrogens with one attached hydrogen (secondary N) is 1. The number of rotatable bonds is 7. The van der Waals surface area contributed by atoms with Crippen LogP contribution in [-0.2, 0) is 24.8 Å². The van der Waals surface area contributed by atoms with Crippen LogP contribution in [-0.4, -0.2) is 22.8 Å². The molecule has 5 nitrogen and oxygen atoms in total. The van der Waals surface area contributed by atoms with Crippen molar-refractivity contribution >= 4 is 5.91 Å². The molecule has 0 atom stereocenters. The molecule has 1 amide bonds. The van der Waals surface area contributed by atoms with Crippen molar-refractivity contribution in [1.29, 1.82) is 0 Å². The van der Waals surface area contributed by atoms with Gasteiger partial charge in [-0.15, -0.1) is 0 Å². The van der Waals surface area contributed by atoms with Crippen LogP contribution in [0.3, 0.4) is 0 Å². The number of aryl methyl sites for hydroxylation is 2. The van der Waals surface area contributed by atoms with Gasteiger partial charge in [0, 0.05) is 37.3 Å². The molecule has 0 aliphatic carbocycles. The number of hydrogen-bond donors (Lipinski definition) is 1. The van der Waals surface area contributed by atoms with E-state index >= 15 is 0 Å². The maximum atomic E-state index is 12.3. The van der Waals surface area contributed by atoms with Crippen LogP contribution in [0.1, 0.15) is 17.5 Å². The fourth-order valence-electron chi connectivity index (χ4n) is 2.94. The van der Waals surface area contributed by atoms with Crippen molar-refractivity contribution in [1.82, 2.24) is 15.1 Å². The van der Waals surface area contributed by atoms with Gasteiger partial charge < -0.3 is 10.1 Å². The Balaban J connectivity index is 1.60. The third kappa shape index (κ3) is 4.30. The van der Waals surface area contributed by atoms with Crippen molar-refractivity contribution in [2.45, 2.75) is 19.4 Å². The predicted molar refractivity (Wildman–Crippen MR) is 102 cm³/mol. The molecular formula is C21H23N3O2. The molecule has 1 heterocycles. The molecule has 3 aromatic rings. The Labute approximate surface area is 153 Å². The number of carbonyl (C=O) groups is 1. The Morgan fingerprint density at radius 3 is 2.58 bits per heavy atom. The lowest BCUT2D eigenvalue weighted by molar-refractivity contribution is -0.121. The topological polar surface area (TPSA) is 56.1 Å². The second-order valence-electron chi connectivity index (χ2n) is 6.13. The minimum absolute atomic E-state index is 0.0128. The van der Waals surface area contributed by atoms with Crippen LogP contribution in [0.2, 0.25) is 0 Å². The first kappa shape index (κ1) is 17.7. The van der Waals surface area contributed by atoms with Gasteiger partial charge >= 0.3 is 0 Å². The fraction of sp³-hybridized carbons (Fsp3) is 0.238. The van der Waals surface area contributed by atoms with Crippen LogP contribution < -0.4 is 10.1 Å². The van der Waals surface area contributed by atoms with Gasteiger partial charge in [0.25, 0.3) is 0 Å². The fourth-order valence-corrected chi connectivity index (χ4v) is 2.94. The van der Waals surface area contributed by atoms with Crippen LogP contribution in [0.4, 0.5) is 0 Å². The van der Waals surface area contributed by atoms with Gasteiger partial charge in [0.05, 0.1) is 12.8 Å². The maximum absolute atomic E-state index is 12.3. The number of aromatic nitrogens is 2. The molecule has 0 aliphatic rings. The molecular weight excluding hydrogens is 326 g/mol. The average Bonchev–Trinajstić information content (AvgIpc) is 3.06. The summed E-state index contributed by atoms with van der Waals surface area (Å²) in [5.74, 6) is 0.796. The minimum Gasteiger partial charge on any atom is -0.496 e. The summed E-state index contributed by atoms with van der Waals surface area (Å²) in [6.45, 7) is 0.460. The summed E-state index contributed by atoms with van der Waals surface area (Å²) in [7, 11) is 3.53. The average molecular weight is 349 g/mol. The van der Waals surface area contributed by atoms with Crippen molar-refractivity contribution < 1.29 is 9.53 Å². The summed E-state index contributed by atoms with van der Waals surface area (Å²) >= 11 is 0. The first-order chi connectivity index (χ1) is 12.7. The summed E-state index contributed by atoms with van der Waals surface area (Å²) in [6.07, 6.45) is 3.05. The van der Waals surface area contributed by atoms with E-state index in [0.29, 0.717) is 19.4 Å². The minimum atomic E-state index is 0.0128. The zero-order valence-electron chi connectivity index (χ0n) is 15.1. The normalized spacial score (nSPS) is 10.5. The Morgan fingerprint density at radius 1 is 1.08 bits per heavy atom. The molecule has 5 heteroatoms. The third-order valence-corrected chi connectivity index (χ3v) is 4.24. The molecule has 0 saturated carbocycles. The molecule has 0 bridgehead atoms. The highest BCUT2D eigenvalue weighted by atomic mass is 16.5. The van der Waals surface area contributed by atoms with Crippen LogP contribution in [0, 0.1) is 0 Å². The Bertz CT molecular complexity index is 872. The van der Waals surface area contributed by atoms with Gasteiger partial charge in [0.1, 0.15) is 5.75 Å². The lowest BCUT2D eigenvalue weighted by Gasteiger charge is -2.09. The second kappa shape index (κ2) is 8.34. The van der Waals surface area contributed by atoms with Crippen LogP contribution in [0.5, 0.6) is 5.75 Å². The van der Waals surface area contributed by atoms with Gasteiger partial charge in [-0.25, -0.2) is 0 Å². The van der Waals surface area contributed by atoms with Crippen LogP contribution in [0.15, 0.2) is 60.8 Å². The van der Waals surface area contributed by atoms with E-state index in [2.05, 4.69) is 10.4 Å². The number of nitrogens with zero attached hydrogens (tertiary/aromatic N) is 2. The monoisotopic (exact) mass is 349 g/mol. The molecule has 0 radical (unpaired) electrons. The predicted octanol–water partition coefficient (Wildman–Crippen LogP) is 3.34. The quantitative estimate of drug-likeness (QED) is 0.712. The smallest absolute Gasteiger partial charge is 0.220 e. The van der Waals surface area contributed by atoms with E-state index < -0.39 is 0 Å². The molecule has 0 spiro atoms. The van der Waals surface area contributed by atoms with Gasteiger partial charge in [-0.3, -0.25) is 9.48 Å². The van der Waals surface area contributed by atoms with E-state index in [1.807, 2.05) is 67.8 Å². The lowest BCUT2D eigenvalue weighted by atomic mass is 10.0. The number of benzene rings is 2. The zero-order chi connectivity index (χ0) is 18.4. The summed E-state index contributed by atoms with van der Waals surface area (Å²) in [6, 6.07) is 17.7. The first-order valence-electron chi connectivity index (χ1n) is 8.64. The number of para-hydroxylation sites is 1. The van der Waals surface area contributed by atoms with E-state index in [1.54, 1.807) is 11.8 Å². The molecule has 134 valence electrons. The van der Waals surface area contributed by atoms with Gasteiger partial charge in [-0.05, 0) is 18.1 Å². The second-order valence-corrected chi connectivity index (χ2v) is 6.13. The maximum Gasteiger partial charge on any atom is 0.220 e. The lowest BCUT2D eigenvalue weighted by Crippen LogP contribution is -2.23. The molecule has 1 aromatic heterocycles. The number of amides is 1. The van der Waals surface area contributed by atoms with Gasteiger partial charge in [-0.2, -0.15) is 5.10 Å². The van der Waals surface area contributed by atoms with Gasteiger partial charge in [0.15, 0.2) is 0 Å². The van der Waals surface area contributed by atoms with Gasteiger partial charge in [-0.1, -0.05) is 48.5 Å². The summed E-state index contributed by atoms with van der Waals surface area (Å²) in [5, 5.41) is 7.51. The third-order valence-electron chi connectivity index (χ3n) is 4.24. The summed E-state index contributed by atoms with van der Waals surface area (Å²) in [4.78, 5) is 12.3. The highest BCUT2D eigenvalue weighted by Crippen LogP contribution is 2.22. The van der Waals surface area contributed by atoms with Crippen molar-refractivity contribution in [2.75, 3.05) is 7.11 Å². The van der Waals surface area contributed by atoms with E-state index in [-0.39, 0.29) is 5.91 Å². The largest absolute Gasteiger partial charge is 0.496 e. The summed E-state index contributed by atoms with van der Waals surface area (Å²) in [5.41, 5.74) is 4.05. The molecule has 2 aromatic carbocycles. The van der Waals surface area contributed by atoms with Crippen molar-refractivity contribution in [3.05, 3.63) is 71.9 Å². The molecule has 1 N–H and O–H groups in total. The number of methoxy groups -OCH3 is 1. The standard InChI is InChI=1S/C21H23N3O2/c1-24-15-18(21(23-24)16-8-4-3-5-9-16)12-13-20(25)22-14-17-10-6-7-11-19(17)26-2/h3-11,15H,12-14H2,1-2H3,(H,22,25). The molecule has 3 rings (SSSR count). The molecule has 0 unspecified atom stereocenters. The Kier molecular flexibility index (Phi) is 5.69. The number of carbonyl (C=O) groups excluding carboxylic acids is 1. The van der Waals surface area contributed by atoms with Crippen molar-refractivity contribution in [3.63, 3.8) is 0 Å². The highest BCUT2D eigenvalue weighted by molar-refractivity contribution is 5.76. The van der Waals surface area contributed by atoms with Crippen molar-refractivity contribution in [3.8, 4) is 17.0 Å². The van der Waals surface area contributed by atoms with Crippen molar-refractivity contribution in [2.24, 2.45) is 7.05 Å². The van der Waals surface area contributed by atoms with E-state index in [9.17, 15) is 4.79 Å². The Morgan fingerprint density at radius 2 is 1.81 bits per heavy atom. The number of ether oxygens (including phenoxy) is 1. The highest BCUT2D eigenvalue weighted by Gasteiger charge is 2.12. The van der Waals surface area contributed by atoms with Crippen LogP contribution in [0.25, 0.3) is 11.3 Å². The Hall–Kier alpha value is -3.08. The van der Waals surface area contributed by atoms with E-state index in [1.165, 1.54) is 0 Å². The molecule has 0 fully saturated rings. The van der Waals surface area contributed by atoms with Gasteiger partial charge in [0.2, 0.25) is 5.91 Å². The zero-order valence-corrected chi connectivity index (χ0v) is 15.1. The molecule has 26 heavy (non-hydrogen) atoms. The summed E-state index contributed by atoms with van der Waals surface area (Å²) < 4.78 is 7.11. The SMILES string of the molecule is COc1ccccc1CNC(=O)CCc1cn(C)nc1-c1ccccc1. The molecule has 0 saturated heterocycles.